The molecule has 0 aliphatic carbocycles. The fourth-order valence-corrected chi connectivity index (χ4v) is 5.53. The Bertz CT molecular complexity index is 1320. The third kappa shape index (κ3) is 6.89. The lowest BCUT2D eigenvalue weighted by atomic mass is 9.83. The average Bonchev–Trinajstić information content (AvgIpc) is 3.32. The van der Waals surface area contributed by atoms with Gasteiger partial charge in [-0.05, 0) is 105 Å². The van der Waals surface area contributed by atoms with Crippen LogP contribution in [0.2, 0.25) is 5.02 Å². The van der Waals surface area contributed by atoms with Crippen molar-refractivity contribution < 1.29 is 24.2 Å². The Morgan fingerprint density at radius 1 is 1.03 bits per heavy atom. The van der Waals surface area contributed by atoms with Crippen LogP contribution in [0.1, 0.15) is 42.0 Å². The topological polar surface area (TPSA) is 76.1 Å². The molecule has 8 heteroatoms. The van der Waals surface area contributed by atoms with Gasteiger partial charge < -0.3 is 19.5 Å². The van der Waals surface area contributed by atoms with Crippen LogP contribution in [-0.2, 0) is 11.2 Å². The van der Waals surface area contributed by atoms with Crippen molar-refractivity contribution in [2.75, 3.05) is 19.3 Å². The lowest BCUT2D eigenvalue weighted by Gasteiger charge is -2.26. The van der Waals surface area contributed by atoms with Gasteiger partial charge in [0.15, 0.2) is 5.60 Å². The van der Waals surface area contributed by atoms with Crippen molar-refractivity contribution in [3.63, 3.8) is 0 Å². The van der Waals surface area contributed by atoms with Crippen molar-refractivity contribution in [3.8, 4) is 11.5 Å². The van der Waals surface area contributed by atoms with Crippen molar-refractivity contribution in [1.82, 2.24) is 4.90 Å². The molecule has 1 saturated heterocycles. The maximum atomic E-state index is 13.2. The minimum Gasteiger partial charge on any atom is -0.478 e. The van der Waals surface area contributed by atoms with Crippen LogP contribution in [0.25, 0.3) is 0 Å². The van der Waals surface area contributed by atoms with Crippen LogP contribution in [0, 0.1) is 19.8 Å². The second kappa shape index (κ2) is 11.9. The Morgan fingerprint density at radius 2 is 1.64 bits per heavy atom. The molecule has 3 aromatic carbocycles. The Balaban J connectivity index is 1.61. The normalized spacial score (nSPS) is 17.2. The van der Waals surface area contributed by atoms with Gasteiger partial charge in [-0.15, -0.1) is 11.8 Å². The van der Waals surface area contributed by atoms with E-state index in [0.29, 0.717) is 29.6 Å². The standard InChI is InChI=1S/C31H34ClNO5S/c1-19-14-22(15-20(2)28(19)38-31(3,4)29(34)35)27-18-33(30(36)37-25-10-8-24(32)9-11-25)17-23(27)16-21-6-12-26(39-5)13-7-21/h6-15,23,27H,16-18H2,1-5H3,(H,34,35)/t23-,27+/m1/s1. The fraction of sp³-hybridized carbons (Fsp3) is 0.355. The quantitative estimate of drug-likeness (QED) is 0.286. The van der Waals surface area contributed by atoms with Gasteiger partial charge in [0.1, 0.15) is 11.5 Å². The monoisotopic (exact) mass is 567 g/mol. The highest BCUT2D eigenvalue weighted by molar-refractivity contribution is 7.98. The zero-order chi connectivity index (χ0) is 28.3. The molecule has 4 rings (SSSR count). The number of hydrogen-bond acceptors (Lipinski definition) is 5. The third-order valence-electron chi connectivity index (χ3n) is 7.16. The number of carbonyl (C=O) groups excluding carboxylic acids is 1. The number of halogens is 1. The Kier molecular flexibility index (Phi) is 8.82. The molecule has 0 bridgehead atoms. The fourth-order valence-electron chi connectivity index (χ4n) is 4.99. The summed E-state index contributed by atoms with van der Waals surface area (Å²) in [6.45, 7) is 8.02. The predicted octanol–water partition coefficient (Wildman–Crippen LogP) is 7.38. The van der Waals surface area contributed by atoms with Gasteiger partial charge in [-0.25, -0.2) is 9.59 Å². The summed E-state index contributed by atoms with van der Waals surface area (Å²) >= 11 is 7.68. The van der Waals surface area contributed by atoms with Crippen LogP contribution in [0.4, 0.5) is 4.79 Å². The first-order valence-electron chi connectivity index (χ1n) is 12.9. The van der Waals surface area contributed by atoms with Gasteiger partial charge in [-0.2, -0.15) is 0 Å². The molecule has 206 valence electrons. The number of likely N-dealkylation sites (tertiary alicyclic amines) is 1. The third-order valence-corrected chi connectivity index (χ3v) is 8.15. The van der Waals surface area contributed by atoms with Gasteiger partial charge in [0.05, 0.1) is 0 Å². The molecule has 0 unspecified atom stereocenters. The van der Waals surface area contributed by atoms with Crippen molar-refractivity contribution in [2.24, 2.45) is 5.92 Å². The predicted molar refractivity (Wildman–Crippen MR) is 155 cm³/mol. The van der Waals surface area contributed by atoms with Gasteiger partial charge in [-0.1, -0.05) is 35.9 Å². The second-order valence-corrected chi connectivity index (χ2v) is 11.9. The lowest BCUT2D eigenvalue weighted by Crippen LogP contribution is -2.38. The smallest absolute Gasteiger partial charge is 0.415 e. The van der Waals surface area contributed by atoms with Crippen LogP contribution >= 0.6 is 23.4 Å². The van der Waals surface area contributed by atoms with E-state index in [1.165, 1.54) is 10.5 Å². The molecule has 1 aliphatic heterocycles. The van der Waals surface area contributed by atoms with E-state index in [0.717, 1.165) is 23.1 Å². The van der Waals surface area contributed by atoms with Crippen LogP contribution in [0.3, 0.4) is 0 Å². The minimum absolute atomic E-state index is 0.0712. The highest BCUT2D eigenvalue weighted by Crippen LogP contribution is 2.39. The molecule has 1 fully saturated rings. The van der Waals surface area contributed by atoms with Crippen LogP contribution in [-0.4, -0.2) is 47.0 Å². The molecular weight excluding hydrogens is 534 g/mol. The summed E-state index contributed by atoms with van der Waals surface area (Å²) in [5.74, 6) is 0.244. The first kappa shape index (κ1) is 28.8. The van der Waals surface area contributed by atoms with Crippen LogP contribution in [0.15, 0.2) is 65.6 Å². The molecular formula is C31H34ClNO5S. The van der Waals surface area contributed by atoms with Crippen molar-refractivity contribution >= 4 is 35.4 Å². The van der Waals surface area contributed by atoms with Crippen molar-refractivity contribution in [1.29, 1.82) is 0 Å². The molecule has 0 saturated carbocycles. The SMILES string of the molecule is CSc1ccc(C[C@@H]2CN(C(=O)Oc3ccc(Cl)cc3)C[C@H]2c2cc(C)c(OC(C)(C)C(=O)O)c(C)c2)cc1. The number of ether oxygens (including phenoxy) is 2. The number of aryl methyl sites for hydroxylation is 2. The number of thioether (sulfide) groups is 1. The van der Waals surface area contributed by atoms with E-state index in [1.807, 2.05) is 13.8 Å². The first-order chi connectivity index (χ1) is 18.5. The Morgan fingerprint density at radius 3 is 2.21 bits per heavy atom. The molecule has 6 nitrogen and oxygen atoms in total. The zero-order valence-electron chi connectivity index (χ0n) is 22.9. The molecule has 0 aromatic heterocycles. The number of aliphatic carboxylic acids is 1. The minimum atomic E-state index is -1.35. The van der Waals surface area contributed by atoms with Crippen molar-refractivity contribution in [2.45, 2.75) is 50.5 Å². The summed E-state index contributed by atoms with van der Waals surface area (Å²) in [6.07, 6.45) is 2.48. The number of carbonyl (C=O) groups is 2. The van der Waals surface area contributed by atoms with Gasteiger partial charge in [0, 0.05) is 28.9 Å². The summed E-state index contributed by atoms with van der Waals surface area (Å²) in [5, 5.41) is 10.1. The molecule has 1 amide bonds. The molecule has 0 spiro atoms. The van der Waals surface area contributed by atoms with E-state index in [9.17, 15) is 14.7 Å². The highest BCUT2D eigenvalue weighted by atomic mass is 35.5. The molecule has 39 heavy (non-hydrogen) atoms. The number of rotatable bonds is 8. The lowest BCUT2D eigenvalue weighted by molar-refractivity contribution is -0.152. The summed E-state index contributed by atoms with van der Waals surface area (Å²) < 4.78 is 11.6. The molecule has 0 radical (unpaired) electrons. The van der Waals surface area contributed by atoms with E-state index >= 15 is 0 Å². The largest absolute Gasteiger partial charge is 0.478 e. The highest BCUT2D eigenvalue weighted by Gasteiger charge is 2.38. The number of benzene rings is 3. The van der Waals surface area contributed by atoms with Crippen LogP contribution < -0.4 is 9.47 Å². The number of carboxylic acid groups (broad SMARTS) is 1. The maximum Gasteiger partial charge on any atom is 0.415 e. The van der Waals surface area contributed by atoms with Gasteiger partial charge in [0.2, 0.25) is 0 Å². The van der Waals surface area contributed by atoms with E-state index in [1.54, 1.807) is 54.8 Å². The average molecular weight is 568 g/mol. The van der Waals surface area contributed by atoms with Crippen LogP contribution in [0.5, 0.6) is 11.5 Å². The van der Waals surface area contributed by atoms with E-state index in [-0.39, 0.29) is 17.9 Å². The summed E-state index contributed by atoms with van der Waals surface area (Å²) in [7, 11) is 0. The summed E-state index contributed by atoms with van der Waals surface area (Å²) in [4.78, 5) is 27.8. The Hall–Kier alpha value is -3.16. The summed E-state index contributed by atoms with van der Waals surface area (Å²) in [6, 6.07) is 19.4. The van der Waals surface area contributed by atoms with E-state index in [2.05, 4.69) is 42.7 Å². The number of hydrogen-bond donors (Lipinski definition) is 1. The number of nitrogens with zero attached hydrogens (tertiary/aromatic N) is 1. The van der Waals surface area contributed by atoms with E-state index in [4.69, 9.17) is 21.1 Å². The van der Waals surface area contributed by atoms with Gasteiger partial charge >= 0.3 is 12.1 Å². The van der Waals surface area contributed by atoms with Crippen molar-refractivity contribution in [3.05, 3.63) is 87.9 Å². The maximum absolute atomic E-state index is 13.2. The van der Waals surface area contributed by atoms with Gasteiger partial charge in [-0.3, -0.25) is 0 Å². The molecule has 1 aliphatic rings. The summed E-state index contributed by atoms with van der Waals surface area (Å²) in [5.41, 5.74) is 2.69. The van der Waals surface area contributed by atoms with E-state index < -0.39 is 11.6 Å². The zero-order valence-corrected chi connectivity index (χ0v) is 24.4. The molecule has 2 atom stereocenters. The molecule has 1 heterocycles. The number of amides is 1. The van der Waals surface area contributed by atoms with Gasteiger partial charge in [0.25, 0.3) is 0 Å². The number of carboxylic acids is 1. The molecule has 3 aromatic rings. The second-order valence-electron chi connectivity index (χ2n) is 10.5. The molecule has 1 N–H and O–H groups in total. The first-order valence-corrected chi connectivity index (χ1v) is 14.5. The Labute approximate surface area is 239 Å².